The van der Waals surface area contributed by atoms with Gasteiger partial charge >= 0.3 is 0 Å². The van der Waals surface area contributed by atoms with Gasteiger partial charge in [0.1, 0.15) is 0 Å². The summed E-state index contributed by atoms with van der Waals surface area (Å²) in [5, 5.41) is 12.2. The first-order valence-corrected chi connectivity index (χ1v) is 10.7. The molecule has 0 aromatic heterocycles. The number of halogens is 3. The Morgan fingerprint density at radius 2 is 1.70 bits per heavy atom. The second kappa shape index (κ2) is 8.16. The minimum absolute atomic E-state index is 0.196. The summed E-state index contributed by atoms with van der Waals surface area (Å²) in [6, 6.07) is 18.9. The summed E-state index contributed by atoms with van der Waals surface area (Å²) >= 11 is 15.4. The van der Waals surface area contributed by atoms with Gasteiger partial charge in [-0.3, -0.25) is 9.59 Å². The van der Waals surface area contributed by atoms with Crippen LogP contribution in [0.5, 0.6) is 0 Å². The summed E-state index contributed by atoms with van der Waals surface area (Å²) in [5.74, 6) is -0.857. The Kier molecular flexibility index (Phi) is 5.73. The molecule has 4 rings (SSSR count). The molecule has 0 saturated carbocycles. The van der Waals surface area contributed by atoms with Crippen LogP contribution in [-0.4, -0.2) is 16.8 Å². The van der Waals surface area contributed by atoms with Gasteiger partial charge in [-0.2, -0.15) is 0 Å². The monoisotopic (exact) mass is 503 g/mol. The van der Waals surface area contributed by atoms with Gasteiger partial charge in [0.25, 0.3) is 5.91 Å². The Labute approximate surface area is 192 Å². The Bertz CT molecular complexity index is 1150. The number of ketones is 1. The van der Waals surface area contributed by atoms with E-state index in [0.717, 1.165) is 10.0 Å². The Hall–Kier alpha value is -2.18. The summed E-state index contributed by atoms with van der Waals surface area (Å²) in [6.45, 7) is 0.196. The molecule has 1 atom stereocenters. The fourth-order valence-corrected chi connectivity index (χ4v) is 4.21. The van der Waals surface area contributed by atoms with Crippen molar-refractivity contribution in [1.82, 2.24) is 0 Å². The highest BCUT2D eigenvalue weighted by Gasteiger charge is 2.50. The van der Waals surface area contributed by atoms with Gasteiger partial charge in [0.2, 0.25) is 0 Å². The first-order valence-electron chi connectivity index (χ1n) is 9.16. The van der Waals surface area contributed by atoms with E-state index in [9.17, 15) is 14.7 Å². The van der Waals surface area contributed by atoms with E-state index in [1.165, 1.54) is 4.90 Å². The standard InChI is InChI=1S/C23H16BrCl2NO3/c24-16-8-6-15(7-9-16)21(28)12-23(30)17-3-1-2-4-20(17)27(22(23)29)13-14-5-10-18(25)19(26)11-14/h1-11,30H,12-13H2. The van der Waals surface area contributed by atoms with E-state index in [4.69, 9.17) is 23.2 Å². The van der Waals surface area contributed by atoms with Gasteiger partial charge in [0.05, 0.1) is 28.7 Å². The molecule has 1 amide bonds. The summed E-state index contributed by atoms with van der Waals surface area (Å²) in [5.41, 5.74) is 0.243. The highest BCUT2D eigenvalue weighted by Crippen LogP contribution is 2.43. The van der Waals surface area contributed by atoms with Crippen LogP contribution in [0, 0.1) is 0 Å². The second-order valence-corrected chi connectivity index (χ2v) is 8.85. The molecule has 0 saturated heterocycles. The molecule has 3 aromatic carbocycles. The molecule has 7 heteroatoms. The maximum absolute atomic E-state index is 13.3. The second-order valence-electron chi connectivity index (χ2n) is 7.12. The SMILES string of the molecule is O=C(CC1(O)C(=O)N(Cc2ccc(Cl)c(Cl)c2)c2ccccc21)c1ccc(Br)cc1. The van der Waals surface area contributed by atoms with Crippen LogP contribution in [0.2, 0.25) is 10.0 Å². The van der Waals surface area contributed by atoms with Crippen LogP contribution >= 0.6 is 39.1 Å². The predicted octanol–water partition coefficient (Wildman–Crippen LogP) is 5.76. The summed E-state index contributed by atoms with van der Waals surface area (Å²) < 4.78 is 0.841. The number of aliphatic hydroxyl groups is 1. The summed E-state index contributed by atoms with van der Waals surface area (Å²) in [6.07, 6.45) is -0.345. The van der Waals surface area contributed by atoms with E-state index in [1.54, 1.807) is 66.7 Å². The van der Waals surface area contributed by atoms with E-state index in [-0.39, 0.29) is 18.7 Å². The first-order chi connectivity index (χ1) is 14.3. The summed E-state index contributed by atoms with van der Waals surface area (Å²) in [4.78, 5) is 27.6. The van der Waals surface area contributed by atoms with Gasteiger partial charge in [0, 0.05) is 15.6 Å². The maximum Gasteiger partial charge on any atom is 0.264 e. The first kappa shape index (κ1) is 21.1. The van der Waals surface area contributed by atoms with Crippen LogP contribution in [0.15, 0.2) is 71.2 Å². The maximum atomic E-state index is 13.3. The van der Waals surface area contributed by atoms with E-state index >= 15 is 0 Å². The average Bonchev–Trinajstić information content (AvgIpc) is 2.93. The van der Waals surface area contributed by atoms with Gasteiger partial charge in [-0.05, 0) is 35.9 Å². The van der Waals surface area contributed by atoms with E-state index in [2.05, 4.69) is 15.9 Å². The average molecular weight is 505 g/mol. The van der Waals surface area contributed by atoms with Crippen molar-refractivity contribution in [3.63, 3.8) is 0 Å². The number of hydrogen-bond donors (Lipinski definition) is 1. The predicted molar refractivity (Wildman–Crippen MR) is 121 cm³/mol. The molecule has 152 valence electrons. The van der Waals surface area contributed by atoms with E-state index < -0.39 is 11.5 Å². The number of benzene rings is 3. The number of Topliss-reactive ketones (excluding diaryl/α,β-unsaturated/α-hetero) is 1. The topological polar surface area (TPSA) is 57.6 Å². The zero-order valence-corrected chi connectivity index (χ0v) is 18.7. The fraction of sp³-hybridized carbons (Fsp3) is 0.130. The zero-order valence-electron chi connectivity index (χ0n) is 15.6. The van der Waals surface area contributed by atoms with Gasteiger partial charge in [0.15, 0.2) is 11.4 Å². The van der Waals surface area contributed by atoms with Crippen LogP contribution in [0.1, 0.15) is 27.9 Å². The van der Waals surface area contributed by atoms with Gasteiger partial charge in [-0.15, -0.1) is 0 Å². The molecule has 3 aromatic rings. The lowest BCUT2D eigenvalue weighted by Crippen LogP contribution is -2.41. The minimum Gasteiger partial charge on any atom is -0.375 e. The van der Waals surface area contributed by atoms with Crippen LogP contribution in [0.3, 0.4) is 0 Å². The van der Waals surface area contributed by atoms with Crippen molar-refractivity contribution in [3.05, 3.63) is 97.9 Å². The molecule has 0 bridgehead atoms. The van der Waals surface area contributed by atoms with Gasteiger partial charge in [-0.1, -0.05) is 75.5 Å². The van der Waals surface area contributed by atoms with Crippen LogP contribution in [0.25, 0.3) is 0 Å². The normalized spacial score (nSPS) is 17.9. The number of para-hydroxylation sites is 1. The third-order valence-corrected chi connectivity index (χ3v) is 6.41. The molecule has 0 spiro atoms. The number of hydrogen-bond acceptors (Lipinski definition) is 3. The lowest BCUT2D eigenvalue weighted by Gasteiger charge is -2.23. The third kappa shape index (κ3) is 3.79. The molecule has 4 nitrogen and oxygen atoms in total. The number of fused-ring (bicyclic) bond motifs is 1. The molecule has 1 aliphatic heterocycles. The van der Waals surface area contributed by atoms with Crippen LogP contribution < -0.4 is 4.90 Å². The molecule has 1 N–H and O–H groups in total. The lowest BCUT2D eigenvalue weighted by atomic mass is 9.88. The number of rotatable bonds is 5. The quantitative estimate of drug-likeness (QED) is 0.449. The number of nitrogens with zero attached hydrogens (tertiary/aromatic N) is 1. The number of carbonyl (C=O) groups excluding carboxylic acids is 2. The van der Waals surface area contributed by atoms with Crippen molar-refractivity contribution in [2.24, 2.45) is 0 Å². The van der Waals surface area contributed by atoms with Crippen molar-refractivity contribution in [1.29, 1.82) is 0 Å². The van der Waals surface area contributed by atoms with Crippen LogP contribution in [-0.2, 0) is 16.9 Å². The molecule has 0 fully saturated rings. The van der Waals surface area contributed by atoms with Crippen molar-refractivity contribution in [2.45, 2.75) is 18.6 Å². The van der Waals surface area contributed by atoms with Crippen molar-refractivity contribution >= 4 is 56.5 Å². The number of amides is 1. The van der Waals surface area contributed by atoms with Crippen molar-refractivity contribution < 1.29 is 14.7 Å². The zero-order chi connectivity index (χ0) is 21.5. The molecular weight excluding hydrogens is 489 g/mol. The Balaban J connectivity index is 1.67. The fourth-order valence-electron chi connectivity index (χ4n) is 3.63. The Morgan fingerprint density at radius 3 is 2.40 bits per heavy atom. The number of carbonyl (C=O) groups is 2. The van der Waals surface area contributed by atoms with Crippen molar-refractivity contribution in [2.75, 3.05) is 4.90 Å². The van der Waals surface area contributed by atoms with Crippen LogP contribution in [0.4, 0.5) is 5.69 Å². The molecule has 1 heterocycles. The lowest BCUT2D eigenvalue weighted by molar-refractivity contribution is -0.136. The third-order valence-electron chi connectivity index (χ3n) is 5.15. The highest BCUT2D eigenvalue weighted by molar-refractivity contribution is 9.10. The smallest absolute Gasteiger partial charge is 0.264 e. The summed E-state index contributed by atoms with van der Waals surface area (Å²) in [7, 11) is 0. The largest absolute Gasteiger partial charge is 0.375 e. The van der Waals surface area contributed by atoms with E-state index in [0.29, 0.717) is 26.9 Å². The van der Waals surface area contributed by atoms with E-state index in [1.807, 2.05) is 0 Å². The van der Waals surface area contributed by atoms with Gasteiger partial charge in [-0.25, -0.2) is 0 Å². The molecule has 30 heavy (non-hydrogen) atoms. The Morgan fingerprint density at radius 1 is 1.00 bits per heavy atom. The number of anilines is 1. The molecule has 1 unspecified atom stereocenters. The van der Waals surface area contributed by atoms with Gasteiger partial charge < -0.3 is 10.0 Å². The molecule has 0 aliphatic carbocycles. The molecule has 1 aliphatic rings. The molecule has 0 radical (unpaired) electrons. The highest BCUT2D eigenvalue weighted by atomic mass is 79.9. The minimum atomic E-state index is -1.93. The van der Waals surface area contributed by atoms with Crippen molar-refractivity contribution in [3.8, 4) is 0 Å². The molecular formula is C23H16BrCl2NO3.